The van der Waals surface area contributed by atoms with Gasteiger partial charge in [0.1, 0.15) is 0 Å². The van der Waals surface area contributed by atoms with Crippen molar-refractivity contribution in [3.63, 3.8) is 0 Å². The number of ether oxygens (including phenoxy) is 2. The van der Waals surface area contributed by atoms with Crippen LogP contribution in [0.2, 0.25) is 0 Å². The van der Waals surface area contributed by atoms with Gasteiger partial charge in [-0.25, -0.2) is 16.8 Å². The molecule has 0 saturated heterocycles. The van der Waals surface area contributed by atoms with Gasteiger partial charge in [0.25, 0.3) is 10.0 Å². The van der Waals surface area contributed by atoms with Gasteiger partial charge in [-0.15, -0.1) is 0 Å². The summed E-state index contributed by atoms with van der Waals surface area (Å²) < 4.78 is 64.0. The predicted octanol–water partition coefficient (Wildman–Crippen LogP) is 2.02. The fourth-order valence-corrected chi connectivity index (χ4v) is 4.05. The molecule has 2 N–H and O–H groups in total. The highest BCUT2D eigenvalue weighted by Gasteiger charge is 2.20. The Bertz CT molecular complexity index is 1020. The first-order valence-electron chi connectivity index (χ1n) is 7.74. The number of anilines is 2. The molecule has 1 aliphatic heterocycles. The van der Waals surface area contributed by atoms with E-state index >= 15 is 0 Å². The lowest BCUT2D eigenvalue weighted by atomic mass is 10.3. The van der Waals surface area contributed by atoms with Crippen LogP contribution in [0.4, 0.5) is 11.4 Å². The van der Waals surface area contributed by atoms with Gasteiger partial charge in [0.05, 0.1) is 35.7 Å². The summed E-state index contributed by atoms with van der Waals surface area (Å²) in [5.41, 5.74) is 0.248. The largest absolute Gasteiger partial charge is 0.490 e. The van der Waals surface area contributed by atoms with Crippen LogP contribution in [0.15, 0.2) is 47.4 Å². The van der Waals surface area contributed by atoms with Crippen molar-refractivity contribution in [1.29, 1.82) is 0 Å². The van der Waals surface area contributed by atoms with Crippen molar-refractivity contribution in [1.82, 2.24) is 0 Å². The van der Waals surface area contributed by atoms with E-state index in [0.717, 1.165) is 6.26 Å². The second kappa shape index (κ2) is 7.04. The molecule has 8 nitrogen and oxygen atoms in total. The van der Waals surface area contributed by atoms with E-state index < -0.39 is 20.0 Å². The van der Waals surface area contributed by atoms with E-state index in [0.29, 0.717) is 31.1 Å². The lowest BCUT2D eigenvalue weighted by Crippen LogP contribution is -2.16. The van der Waals surface area contributed by atoms with Gasteiger partial charge in [0.2, 0.25) is 10.0 Å². The summed E-state index contributed by atoms with van der Waals surface area (Å²) in [6.07, 6.45) is 1.70. The summed E-state index contributed by atoms with van der Waals surface area (Å²) in [4.78, 5) is -0.0177. The third-order valence-electron chi connectivity index (χ3n) is 3.50. The number of para-hydroxylation sites is 2. The Kier molecular flexibility index (Phi) is 4.97. The van der Waals surface area contributed by atoms with Gasteiger partial charge < -0.3 is 9.47 Å². The van der Waals surface area contributed by atoms with E-state index in [2.05, 4.69) is 9.44 Å². The van der Waals surface area contributed by atoms with Gasteiger partial charge >= 0.3 is 0 Å². The quantitative estimate of drug-likeness (QED) is 0.797. The maximum atomic E-state index is 12.7. The minimum atomic E-state index is -3.96. The van der Waals surface area contributed by atoms with E-state index in [1.54, 1.807) is 12.1 Å². The molecule has 0 fully saturated rings. The first kappa shape index (κ1) is 18.3. The Hall–Kier alpha value is -2.46. The van der Waals surface area contributed by atoms with Crippen molar-refractivity contribution in [2.45, 2.75) is 11.3 Å². The molecule has 0 bridgehead atoms. The molecular weight excluding hydrogens is 380 g/mol. The molecule has 0 atom stereocenters. The van der Waals surface area contributed by atoms with Crippen LogP contribution in [0.25, 0.3) is 0 Å². The molecule has 2 aromatic rings. The van der Waals surface area contributed by atoms with Gasteiger partial charge in [-0.3, -0.25) is 9.44 Å². The molecule has 0 amide bonds. The Morgan fingerprint density at radius 1 is 0.846 bits per heavy atom. The molecule has 0 unspecified atom stereocenters. The van der Waals surface area contributed by atoms with Crippen molar-refractivity contribution >= 4 is 31.4 Å². The fourth-order valence-electron chi connectivity index (χ4n) is 2.38. The highest BCUT2D eigenvalue weighted by atomic mass is 32.2. The highest BCUT2D eigenvalue weighted by Crippen LogP contribution is 2.33. The van der Waals surface area contributed by atoms with Gasteiger partial charge in [-0.1, -0.05) is 12.1 Å². The Balaban J connectivity index is 1.92. The number of sulfonamides is 2. The lowest BCUT2D eigenvalue weighted by molar-refractivity contribution is 0.297. The molecule has 0 spiro atoms. The third kappa shape index (κ3) is 4.38. The zero-order valence-electron chi connectivity index (χ0n) is 13.9. The van der Waals surface area contributed by atoms with Gasteiger partial charge in [-0.05, 0) is 24.3 Å². The number of nitrogens with one attached hydrogen (secondary N) is 2. The SMILES string of the molecule is CS(=O)(=O)Nc1ccccc1NS(=O)(=O)c1ccc2c(c1)OCCCO2. The Morgan fingerprint density at radius 3 is 2.12 bits per heavy atom. The Morgan fingerprint density at radius 2 is 1.46 bits per heavy atom. The van der Waals surface area contributed by atoms with Crippen LogP contribution in [0.3, 0.4) is 0 Å². The summed E-state index contributed by atoms with van der Waals surface area (Å²) in [7, 11) is -7.51. The first-order valence-corrected chi connectivity index (χ1v) is 11.1. The van der Waals surface area contributed by atoms with E-state index in [1.165, 1.54) is 30.3 Å². The van der Waals surface area contributed by atoms with E-state index in [4.69, 9.17) is 9.47 Å². The molecule has 1 heterocycles. The van der Waals surface area contributed by atoms with Crippen LogP contribution in [-0.4, -0.2) is 36.3 Å². The minimum absolute atomic E-state index is 0.0177. The van der Waals surface area contributed by atoms with Crippen LogP contribution in [0.1, 0.15) is 6.42 Å². The smallest absolute Gasteiger partial charge is 0.262 e. The van der Waals surface area contributed by atoms with Gasteiger partial charge in [0, 0.05) is 12.5 Å². The molecule has 0 saturated carbocycles. The maximum absolute atomic E-state index is 12.7. The van der Waals surface area contributed by atoms with Crippen molar-refractivity contribution in [2.75, 3.05) is 28.9 Å². The normalized spacial score (nSPS) is 14.3. The van der Waals surface area contributed by atoms with Crippen molar-refractivity contribution in [3.05, 3.63) is 42.5 Å². The second-order valence-electron chi connectivity index (χ2n) is 5.68. The zero-order valence-corrected chi connectivity index (χ0v) is 15.6. The van der Waals surface area contributed by atoms with Crippen LogP contribution in [0, 0.1) is 0 Å². The average Bonchev–Trinajstić information content (AvgIpc) is 2.80. The zero-order chi connectivity index (χ0) is 18.8. The van der Waals surface area contributed by atoms with E-state index in [1.807, 2.05) is 0 Å². The summed E-state index contributed by atoms with van der Waals surface area (Å²) in [6.45, 7) is 0.937. The van der Waals surface area contributed by atoms with Crippen LogP contribution in [-0.2, 0) is 20.0 Å². The molecule has 0 aliphatic carbocycles. The average molecular weight is 398 g/mol. The molecule has 140 valence electrons. The minimum Gasteiger partial charge on any atom is -0.490 e. The maximum Gasteiger partial charge on any atom is 0.262 e. The predicted molar refractivity (Wildman–Crippen MR) is 97.8 cm³/mol. The van der Waals surface area contributed by atoms with Gasteiger partial charge in [-0.2, -0.15) is 0 Å². The van der Waals surface area contributed by atoms with Crippen molar-refractivity contribution in [3.8, 4) is 11.5 Å². The Labute approximate surface area is 152 Å². The monoisotopic (exact) mass is 398 g/mol. The molecular formula is C16H18N2O6S2. The van der Waals surface area contributed by atoms with Crippen LogP contribution < -0.4 is 18.9 Å². The molecule has 2 aromatic carbocycles. The summed E-state index contributed by atoms with van der Waals surface area (Å²) in [5.74, 6) is 0.841. The number of rotatable bonds is 5. The molecule has 3 rings (SSSR count). The summed E-state index contributed by atoms with van der Waals surface area (Å²) in [5, 5.41) is 0. The van der Waals surface area contributed by atoms with Gasteiger partial charge in [0.15, 0.2) is 11.5 Å². The third-order valence-corrected chi connectivity index (χ3v) is 5.45. The van der Waals surface area contributed by atoms with Crippen molar-refractivity contribution in [2.24, 2.45) is 0 Å². The molecule has 26 heavy (non-hydrogen) atoms. The number of benzene rings is 2. The van der Waals surface area contributed by atoms with Crippen molar-refractivity contribution < 1.29 is 26.3 Å². The van der Waals surface area contributed by atoms with Crippen LogP contribution in [0.5, 0.6) is 11.5 Å². The lowest BCUT2D eigenvalue weighted by Gasteiger charge is -2.14. The molecule has 0 radical (unpaired) electrons. The molecule has 10 heteroatoms. The second-order valence-corrected chi connectivity index (χ2v) is 9.12. The standard InChI is InChI=1S/C16H18N2O6S2/c1-25(19,20)17-13-5-2-3-6-14(13)18-26(21,22)12-7-8-15-16(11-12)24-10-4-9-23-15/h2-3,5-8,11,17-18H,4,9-10H2,1H3. The number of hydrogen-bond acceptors (Lipinski definition) is 6. The topological polar surface area (TPSA) is 111 Å². The number of fused-ring (bicyclic) bond motifs is 1. The number of hydrogen-bond donors (Lipinski definition) is 2. The summed E-state index contributed by atoms with van der Waals surface area (Å²) in [6, 6.07) is 10.5. The van der Waals surface area contributed by atoms with E-state index in [-0.39, 0.29) is 16.3 Å². The van der Waals surface area contributed by atoms with Crippen LogP contribution >= 0.6 is 0 Å². The first-order chi connectivity index (χ1) is 12.2. The fraction of sp³-hybridized carbons (Fsp3) is 0.250. The molecule has 0 aromatic heterocycles. The summed E-state index contributed by atoms with van der Waals surface area (Å²) >= 11 is 0. The highest BCUT2D eigenvalue weighted by molar-refractivity contribution is 7.93. The van der Waals surface area contributed by atoms with E-state index in [9.17, 15) is 16.8 Å². The molecule has 1 aliphatic rings.